The lowest BCUT2D eigenvalue weighted by molar-refractivity contribution is 0.251. The van der Waals surface area contributed by atoms with Gasteiger partial charge in [-0.1, -0.05) is 39.7 Å². The van der Waals surface area contributed by atoms with E-state index in [1.807, 2.05) is 24.3 Å². The maximum absolute atomic E-state index is 5.98. The van der Waals surface area contributed by atoms with Crippen molar-refractivity contribution >= 4 is 27.5 Å². The van der Waals surface area contributed by atoms with Crippen molar-refractivity contribution in [3.8, 4) is 5.75 Å². The number of ether oxygens (including phenoxy) is 1. The van der Waals surface area contributed by atoms with E-state index in [4.69, 9.17) is 16.3 Å². The maximum Gasteiger partial charge on any atom is 0.137 e. The van der Waals surface area contributed by atoms with Gasteiger partial charge in [-0.05, 0) is 25.0 Å². The zero-order valence-electron chi connectivity index (χ0n) is 7.80. The fraction of sp³-hybridized carbons (Fsp3) is 0.455. The molecule has 1 aromatic carbocycles. The summed E-state index contributed by atoms with van der Waals surface area (Å²) in [7, 11) is 0. The van der Waals surface area contributed by atoms with Crippen molar-refractivity contribution < 1.29 is 4.74 Å². The van der Waals surface area contributed by atoms with Crippen molar-refractivity contribution in [2.75, 3.05) is 11.9 Å². The first kappa shape index (κ1) is 10.3. The van der Waals surface area contributed by atoms with E-state index in [1.165, 1.54) is 12.8 Å². The van der Waals surface area contributed by atoms with Crippen LogP contribution in [0.4, 0.5) is 0 Å². The summed E-state index contributed by atoms with van der Waals surface area (Å²) in [6.07, 6.45) is 2.51. The Morgan fingerprint density at radius 1 is 1.36 bits per heavy atom. The van der Waals surface area contributed by atoms with Crippen LogP contribution in [-0.2, 0) is 0 Å². The largest absolute Gasteiger partial charge is 0.491 e. The zero-order chi connectivity index (χ0) is 10.0. The molecule has 1 saturated carbocycles. The molecule has 0 saturated heterocycles. The van der Waals surface area contributed by atoms with E-state index in [-0.39, 0.29) is 0 Å². The molecule has 0 aliphatic heterocycles. The molecule has 1 fully saturated rings. The highest BCUT2D eigenvalue weighted by atomic mass is 79.9. The SMILES string of the molecule is Clc1ccccc1OCC1(CBr)CC1. The van der Waals surface area contributed by atoms with Gasteiger partial charge in [0, 0.05) is 10.7 Å². The van der Waals surface area contributed by atoms with Gasteiger partial charge in [-0.2, -0.15) is 0 Å². The molecule has 0 atom stereocenters. The van der Waals surface area contributed by atoms with Gasteiger partial charge in [-0.3, -0.25) is 0 Å². The van der Waals surface area contributed by atoms with E-state index in [2.05, 4.69) is 15.9 Å². The third-order valence-corrected chi connectivity index (χ3v) is 4.11. The minimum absolute atomic E-state index is 0.374. The molecule has 0 spiro atoms. The first-order chi connectivity index (χ1) is 6.76. The van der Waals surface area contributed by atoms with Crippen LogP contribution in [0, 0.1) is 5.41 Å². The lowest BCUT2D eigenvalue weighted by Gasteiger charge is -2.13. The fourth-order valence-corrected chi connectivity index (χ4v) is 2.20. The van der Waals surface area contributed by atoms with E-state index in [0.717, 1.165) is 17.7 Å². The number of hydrogen-bond acceptors (Lipinski definition) is 1. The van der Waals surface area contributed by atoms with Crippen molar-refractivity contribution in [2.24, 2.45) is 5.41 Å². The van der Waals surface area contributed by atoms with Crippen LogP contribution in [0.15, 0.2) is 24.3 Å². The van der Waals surface area contributed by atoms with Crippen LogP contribution in [0.3, 0.4) is 0 Å². The van der Waals surface area contributed by atoms with Gasteiger partial charge in [0.2, 0.25) is 0 Å². The van der Waals surface area contributed by atoms with E-state index in [9.17, 15) is 0 Å². The molecule has 76 valence electrons. The van der Waals surface area contributed by atoms with Crippen molar-refractivity contribution in [1.29, 1.82) is 0 Å². The number of halogens is 2. The standard InChI is InChI=1S/C11H12BrClO/c12-7-11(5-6-11)8-14-10-4-2-1-3-9(10)13/h1-4H,5-8H2. The smallest absolute Gasteiger partial charge is 0.137 e. The number of alkyl halides is 1. The summed E-state index contributed by atoms with van der Waals surface area (Å²) in [5, 5.41) is 1.71. The van der Waals surface area contributed by atoms with Gasteiger partial charge in [0.15, 0.2) is 0 Å². The summed E-state index contributed by atoms with van der Waals surface area (Å²) in [6, 6.07) is 7.61. The Morgan fingerprint density at radius 3 is 2.64 bits per heavy atom. The zero-order valence-corrected chi connectivity index (χ0v) is 10.1. The summed E-state index contributed by atoms with van der Waals surface area (Å²) >= 11 is 9.49. The molecule has 1 aliphatic carbocycles. The van der Waals surface area contributed by atoms with Crippen LogP contribution in [0.2, 0.25) is 5.02 Å². The summed E-state index contributed by atoms with van der Waals surface area (Å²) in [5.41, 5.74) is 0.374. The molecule has 0 amide bonds. The number of rotatable bonds is 4. The first-order valence-corrected chi connectivity index (χ1v) is 6.19. The minimum atomic E-state index is 0.374. The van der Waals surface area contributed by atoms with Crippen molar-refractivity contribution in [3.05, 3.63) is 29.3 Å². The molecule has 0 bridgehead atoms. The van der Waals surface area contributed by atoms with E-state index < -0.39 is 0 Å². The maximum atomic E-state index is 5.98. The molecule has 0 unspecified atom stereocenters. The van der Waals surface area contributed by atoms with Gasteiger partial charge in [0.1, 0.15) is 5.75 Å². The second-order valence-electron chi connectivity index (χ2n) is 3.85. The first-order valence-electron chi connectivity index (χ1n) is 4.69. The van der Waals surface area contributed by atoms with Crippen LogP contribution in [0.1, 0.15) is 12.8 Å². The second-order valence-corrected chi connectivity index (χ2v) is 4.82. The van der Waals surface area contributed by atoms with E-state index in [1.54, 1.807) is 0 Å². The Labute approximate surface area is 97.5 Å². The highest BCUT2D eigenvalue weighted by molar-refractivity contribution is 9.09. The van der Waals surface area contributed by atoms with E-state index in [0.29, 0.717) is 10.4 Å². The number of para-hydroxylation sites is 1. The average Bonchev–Trinajstić information content (AvgIpc) is 2.98. The highest BCUT2D eigenvalue weighted by Crippen LogP contribution is 2.47. The number of benzene rings is 1. The summed E-state index contributed by atoms with van der Waals surface area (Å²) < 4.78 is 5.69. The normalized spacial score (nSPS) is 17.9. The second kappa shape index (κ2) is 4.11. The minimum Gasteiger partial charge on any atom is -0.491 e. The Hall–Kier alpha value is -0.210. The molecule has 0 heterocycles. The van der Waals surface area contributed by atoms with Gasteiger partial charge in [0.25, 0.3) is 0 Å². The van der Waals surface area contributed by atoms with Gasteiger partial charge in [-0.25, -0.2) is 0 Å². The fourth-order valence-electron chi connectivity index (χ4n) is 1.29. The Morgan fingerprint density at radius 2 is 2.07 bits per heavy atom. The van der Waals surface area contributed by atoms with Crippen molar-refractivity contribution in [2.45, 2.75) is 12.8 Å². The third-order valence-electron chi connectivity index (χ3n) is 2.61. The molecule has 1 aromatic rings. The predicted octanol–water partition coefficient (Wildman–Crippen LogP) is 3.89. The molecule has 0 radical (unpaired) electrons. The third kappa shape index (κ3) is 2.23. The van der Waals surface area contributed by atoms with Gasteiger partial charge in [-0.15, -0.1) is 0 Å². The molecule has 0 N–H and O–H groups in total. The topological polar surface area (TPSA) is 9.23 Å². The molecular formula is C11H12BrClO. The summed E-state index contributed by atoms with van der Waals surface area (Å²) in [4.78, 5) is 0. The Bertz CT molecular complexity index is 323. The molecule has 1 aliphatic rings. The van der Waals surface area contributed by atoms with Crippen LogP contribution >= 0.6 is 27.5 Å². The van der Waals surface area contributed by atoms with Crippen molar-refractivity contribution in [1.82, 2.24) is 0 Å². The molecule has 1 nitrogen and oxygen atoms in total. The number of hydrogen-bond donors (Lipinski definition) is 0. The van der Waals surface area contributed by atoms with Crippen LogP contribution < -0.4 is 4.74 Å². The molecule has 14 heavy (non-hydrogen) atoms. The summed E-state index contributed by atoms with van der Waals surface area (Å²) in [6.45, 7) is 0.766. The molecule has 2 rings (SSSR count). The van der Waals surface area contributed by atoms with Gasteiger partial charge < -0.3 is 4.74 Å². The van der Waals surface area contributed by atoms with Gasteiger partial charge in [0.05, 0.1) is 11.6 Å². The molecule has 0 aromatic heterocycles. The van der Waals surface area contributed by atoms with Crippen LogP contribution in [-0.4, -0.2) is 11.9 Å². The Balaban J connectivity index is 1.95. The van der Waals surface area contributed by atoms with Gasteiger partial charge >= 0.3 is 0 Å². The van der Waals surface area contributed by atoms with Crippen LogP contribution in [0.25, 0.3) is 0 Å². The quantitative estimate of drug-likeness (QED) is 0.758. The average molecular weight is 276 g/mol. The monoisotopic (exact) mass is 274 g/mol. The van der Waals surface area contributed by atoms with Crippen LogP contribution in [0.5, 0.6) is 5.75 Å². The summed E-state index contributed by atoms with van der Waals surface area (Å²) in [5.74, 6) is 0.793. The lowest BCUT2D eigenvalue weighted by atomic mass is 10.2. The highest BCUT2D eigenvalue weighted by Gasteiger charge is 2.42. The Kier molecular flexibility index (Phi) is 3.03. The lowest BCUT2D eigenvalue weighted by Crippen LogP contribution is -2.14. The van der Waals surface area contributed by atoms with E-state index >= 15 is 0 Å². The van der Waals surface area contributed by atoms with Crippen molar-refractivity contribution in [3.63, 3.8) is 0 Å². The predicted molar refractivity (Wildman–Crippen MR) is 62.4 cm³/mol. The molecule has 3 heteroatoms. The molecular weight excluding hydrogens is 263 g/mol.